The third-order valence-electron chi connectivity index (χ3n) is 3.50. The minimum atomic E-state index is -5.85. The van der Waals surface area contributed by atoms with Gasteiger partial charge in [0.05, 0.1) is 12.2 Å². The molecule has 2 bridgehead atoms. The lowest BCUT2D eigenvalue weighted by Crippen LogP contribution is -2.43. The van der Waals surface area contributed by atoms with Crippen LogP contribution in [0.3, 0.4) is 0 Å². The summed E-state index contributed by atoms with van der Waals surface area (Å²) in [6.07, 6.45) is 1.77. The summed E-state index contributed by atoms with van der Waals surface area (Å²) < 4.78 is 68.7. The van der Waals surface area contributed by atoms with Crippen LogP contribution in [0.4, 0.5) is 19.0 Å². The van der Waals surface area contributed by atoms with Gasteiger partial charge in [-0.1, -0.05) is 11.6 Å². The van der Waals surface area contributed by atoms with Crippen LogP contribution in [0.15, 0.2) is 6.07 Å². The zero-order chi connectivity index (χ0) is 16.8. The molecule has 1 aromatic heterocycles. The van der Waals surface area contributed by atoms with Crippen LogP contribution in [-0.4, -0.2) is 49.2 Å². The second-order valence-electron chi connectivity index (χ2n) is 5.18. The van der Waals surface area contributed by atoms with Crippen LogP contribution in [0.1, 0.15) is 12.8 Å². The molecular weight excluding hydrogens is 363 g/mol. The molecule has 2 fully saturated rings. The van der Waals surface area contributed by atoms with E-state index in [-0.39, 0.29) is 23.2 Å². The highest BCUT2D eigenvalue weighted by atomic mass is 35.5. The van der Waals surface area contributed by atoms with E-state index >= 15 is 0 Å². The number of hydrogen-bond acceptors (Lipinski definition) is 7. The van der Waals surface area contributed by atoms with Gasteiger partial charge in [-0.3, -0.25) is 0 Å². The standard InChI is InChI=1S/C11H11ClF3N3O4S/c12-8-3-9(18-4-6-1-2-7(5-18)21-6)17-10(16-8)22-23(19,20)11(13,14)15/h3,6-7H,1-2,4-5H2. The highest BCUT2D eigenvalue weighted by molar-refractivity contribution is 7.87. The Hall–Kier alpha value is -1.33. The van der Waals surface area contributed by atoms with E-state index in [1.165, 1.54) is 6.07 Å². The van der Waals surface area contributed by atoms with E-state index in [2.05, 4.69) is 14.2 Å². The summed E-state index contributed by atoms with van der Waals surface area (Å²) in [6.45, 7) is 0.963. The predicted molar refractivity (Wildman–Crippen MR) is 72.8 cm³/mol. The maximum atomic E-state index is 12.4. The number of halogens is 4. The van der Waals surface area contributed by atoms with Gasteiger partial charge in [0.2, 0.25) is 0 Å². The van der Waals surface area contributed by atoms with E-state index in [1.807, 2.05) is 0 Å². The summed E-state index contributed by atoms with van der Waals surface area (Å²) in [5.41, 5.74) is -5.57. The Morgan fingerprint density at radius 2 is 1.87 bits per heavy atom. The smallest absolute Gasteiger partial charge is 0.371 e. The molecule has 1 aromatic rings. The Bertz CT molecular complexity index is 703. The number of fused-ring (bicyclic) bond motifs is 2. The maximum Gasteiger partial charge on any atom is 0.534 e. The third-order valence-corrected chi connectivity index (χ3v) is 4.63. The van der Waals surface area contributed by atoms with Crippen molar-refractivity contribution in [1.82, 2.24) is 9.97 Å². The third kappa shape index (κ3) is 3.45. The van der Waals surface area contributed by atoms with Crippen molar-refractivity contribution in [2.45, 2.75) is 30.6 Å². The minimum absolute atomic E-state index is 0.00534. The van der Waals surface area contributed by atoms with E-state index in [4.69, 9.17) is 16.3 Å². The number of alkyl halides is 3. The summed E-state index contributed by atoms with van der Waals surface area (Å²) in [5, 5.41) is -0.221. The normalized spacial score (nSPS) is 24.8. The van der Waals surface area contributed by atoms with Crippen LogP contribution in [0.2, 0.25) is 5.15 Å². The molecule has 23 heavy (non-hydrogen) atoms. The van der Waals surface area contributed by atoms with Crippen LogP contribution in [-0.2, 0) is 14.9 Å². The summed E-state index contributed by atoms with van der Waals surface area (Å²) >= 11 is 5.74. The number of hydrogen-bond donors (Lipinski definition) is 0. The molecule has 0 radical (unpaired) electrons. The predicted octanol–water partition coefficient (Wildman–Crippen LogP) is 1.73. The number of nitrogens with zero attached hydrogens (tertiary/aromatic N) is 3. The first-order valence-electron chi connectivity index (χ1n) is 6.60. The number of ether oxygens (including phenoxy) is 1. The number of anilines is 1. The van der Waals surface area contributed by atoms with Crippen molar-refractivity contribution in [3.63, 3.8) is 0 Å². The van der Waals surface area contributed by atoms with Gasteiger partial charge in [0.25, 0.3) is 0 Å². The topological polar surface area (TPSA) is 81.6 Å². The van der Waals surface area contributed by atoms with Crippen molar-refractivity contribution in [2.24, 2.45) is 0 Å². The molecular formula is C11H11ClF3N3O4S. The van der Waals surface area contributed by atoms with Crippen LogP contribution < -0.4 is 9.08 Å². The molecule has 2 unspecified atom stereocenters. The molecule has 0 amide bonds. The summed E-state index contributed by atoms with van der Waals surface area (Å²) in [6, 6.07) is 0.364. The van der Waals surface area contributed by atoms with Gasteiger partial charge in [-0.25, -0.2) is 0 Å². The largest absolute Gasteiger partial charge is 0.534 e. The second kappa shape index (κ2) is 5.64. The van der Waals surface area contributed by atoms with Crippen molar-refractivity contribution >= 4 is 27.5 Å². The molecule has 2 saturated heterocycles. The molecule has 0 spiro atoms. The van der Waals surface area contributed by atoms with Gasteiger partial charge >= 0.3 is 21.6 Å². The fourth-order valence-corrected chi connectivity index (χ4v) is 3.07. The highest BCUT2D eigenvalue weighted by Crippen LogP contribution is 2.31. The number of morpholine rings is 1. The summed E-state index contributed by atoms with van der Waals surface area (Å²) in [7, 11) is -5.85. The Kier molecular flexibility index (Phi) is 4.05. The molecule has 0 N–H and O–H groups in total. The highest BCUT2D eigenvalue weighted by Gasteiger charge is 2.49. The van der Waals surface area contributed by atoms with Crippen molar-refractivity contribution in [3.05, 3.63) is 11.2 Å². The molecule has 2 aliphatic rings. The average molecular weight is 374 g/mol. The van der Waals surface area contributed by atoms with E-state index < -0.39 is 21.6 Å². The number of rotatable bonds is 3. The first kappa shape index (κ1) is 16.5. The minimum Gasteiger partial charge on any atom is -0.371 e. The SMILES string of the molecule is O=S(=O)(Oc1nc(Cl)cc(N2CC3CCC(C2)O3)n1)C(F)(F)F. The van der Waals surface area contributed by atoms with Gasteiger partial charge in [-0.2, -0.15) is 31.6 Å². The van der Waals surface area contributed by atoms with Crippen molar-refractivity contribution in [3.8, 4) is 6.01 Å². The van der Waals surface area contributed by atoms with E-state index in [1.54, 1.807) is 4.90 Å². The van der Waals surface area contributed by atoms with Crippen molar-refractivity contribution in [1.29, 1.82) is 0 Å². The molecule has 3 heterocycles. The second-order valence-corrected chi connectivity index (χ2v) is 7.10. The lowest BCUT2D eigenvalue weighted by Gasteiger charge is -2.32. The maximum absolute atomic E-state index is 12.4. The number of aromatic nitrogens is 2. The first-order valence-corrected chi connectivity index (χ1v) is 8.38. The lowest BCUT2D eigenvalue weighted by molar-refractivity contribution is -0.0502. The zero-order valence-corrected chi connectivity index (χ0v) is 13.0. The van der Waals surface area contributed by atoms with E-state index in [0.717, 1.165) is 12.8 Å². The van der Waals surface area contributed by atoms with Gasteiger partial charge in [0.1, 0.15) is 11.0 Å². The molecule has 0 saturated carbocycles. The Morgan fingerprint density at radius 1 is 1.26 bits per heavy atom. The molecule has 0 aliphatic carbocycles. The Labute approximate surface area is 134 Å². The van der Waals surface area contributed by atoms with E-state index in [0.29, 0.717) is 13.1 Å². The molecule has 7 nitrogen and oxygen atoms in total. The van der Waals surface area contributed by atoms with Crippen molar-refractivity contribution < 1.29 is 30.5 Å². The van der Waals surface area contributed by atoms with Gasteiger partial charge in [0.15, 0.2) is 0 Å². The van der Waals surface area contributed by atoms with Crippen LogP contribution in [0.25, 0.3) is 0 Å². The zero-order valence-electron chi connectivity index (χ0n) is 11.5. The summed E-state index contributed by atoms with van der Waals surface area (Å²) in [5.74, 6) is 0.192. The fourth-order valence-electron chi connectivity index (χ4n) is 2.53. The monoisotopic (exact) mass is 373 g/mol. The van der Waals surface area contributed by atoms with Gasteiger partial charge in [-0.05, 0) is 12.8 Å². The molecule has 2 atom stereocenters. The molecule has 0 aromatic carbocycles. The lowest BCUT2D eigenvalue weighted by atomic mass is 10.2. The average Bonchev–Trinajstić information content (AvgIpc) is 2.75. The van der Waals surface area contributed by atoms with Crippen molar-refractivity contribution in [2.75, 3.05) is 18.0 Å². The molecule has 3 rings (SSSR count). The van der Waals surface area contributed by atoms with Gasteiger partial charge in [0, 0.05) is 19.2 Å². The molecule has 2 aliphatic heterocycles. The van der Waals surface area contributed by atoms with Crippen LogP contribution in [0.5, 0.6) is 6.01 Å². The first-order chi connectivity index (χ1) is 10.6. The molecule has 128 valence electrons. The van der Waals surface area contributed by atoms with Crippen LogP contribution >= 0.6 is 11.6 Å². The Morgan fingerprint density at radius 3 is 2.43 bits per heavy atom. The molecule has 12 heteroatoms. The van der Waals surface area contributed by atoms with Gasteiger partial charge < -0.3 is 13.8 Å². The fraction of sp³-hybridized carbons (Fsp3) is 0.636. The Balaban J connectivity index is 1.85. The van der Waals surface area contributed by atoms with Gasteiger partial charge in [-0.15, -0.1) is 0 Å². The summed E-state index contributed by atoms with van der Waals surface area (Å²) in [4.78, 5) is 8.86. The van der Waals surface area contributed by atoms with Crippen LogP contribution in [0, 0.1) is 0 Å². The quantitative estimate of drug-likeness (QED) is 0.453. The van der Waals surface area contributed by atoms with E-state index in [9.17, 15) is 21.6 Å².